The Labute approximate surface area is 128 Å². The molecule has 1 saturated carbocycles. The third-order valence-electron chi connectivity index (χ3n) is 4.13. The maximum absolute atomic E-state index is 13.6. The van der Waals surface area contributed by atoms with Crippen molar-refractivity contribution in [3.63, 3.8) is 0 Å². The van der Waals surface area contributed by atoms with E-state index in [2.05, 4.69) is 10.6 Å². The normalized spacial score (nSPS) is 27.6. The average Bonchev–Trinajstić information content (AvgIpc) is 3.23. The fraction of sp³-hybridized carbons (Fsp3) is 0.533. The zero-order valence-corrected chi connectivity index (χ0v) is 12.4. The lowest BCUT2D eigenvalue weighted by Crippen LogP contribution is -2.46. The van der Waals surface area contributed by atoms with Gasteiger partial charge in [0.2, 0.25) is 5.91 Å². The Balaban J connectivity index is 0.00000161. The minimum absolute atomic E-state index is 0. The monoisotopic (exact) mass is 316 g/mol. The molecule has 0 radical (unpaired) electrons. The van der Waals surface area contributed by atoms with Gasteiger partial charge in [-0.2, -0.15) is 0 Å². The third kappa shape index (κ3) is 3.71. The maximum Gasteiger partial charge on any atom is 0.224 e. The zero-order chi connectivity index (χ0) is 14.1. The molecule has 2 aliphatic rings. The lowest BCUT2D eigenvalue weighted by molar-refractivity contribution is -0.123. The third-order valence-corrected chi connectivity index (χ3v) is 4.13. The summed E-state index contributed by atoms with van der Waals surface area (Å²) in [6, 6.07) is 3.59. The first-order chi connectivity index (χ1) is 9.65. The van der Waals surface area contributed by atoms with Gasteiger partial charge >= 0.3 is 0 Å². The zero-order valence-electron chi connectivity index (χ0n) is 11.6. The highest BCUT2D eigenvalue weighted by Gasteiger charge is 2.45. The Hall–Kier alpha value is -1.20. The van der Waals surface area contributed by atoms with Gasteiger partial charge in [-0.3, -0.25) is 4.79 Å². The number of hydrogen-bond acceptors (Lipinski definition) is 2. The summed E-state index contributed by atoms with van der Waals surface area (Å²) < 4.78 is 26.8. The molecule has 3 rings (SSSR count). The molecule has 0 spiro atoms. The van der Waals surface area contributed by atoms with E-state index in [4.69, 9.17) is 0 Å². The maximum atomic E-state index is 13.6. The van der Waals surface area contributed by atoms with E-state index < -0.39 is 11.6 Å². The van der Waals surface area contributed by atoms with Crippen LogP contribution in [0.25, 0.3) is 0 Å². The van der Waals surface area contributed by atoms with Gasteiger partial charge in [-0.25, -0.2) is 8.78 Å². The molecular formula is C15H19ClF2N2O. The Morgan fingerprint density at radius 2 is 2.14 bits per heavy atom. The predicted octanol–water partition coefficient (Wildman–Crippen LogP) is 2.36. The molecule has 2 N–H and O–H groups in total. The van der Waals surface area contributed by atoms with Crippen LogP contribution in [0.1, 0.15) is 30.7 Å². The van der Waals surface area contributed by atoms with Crippen LogP contribution in [0, 0.1) is 17.6 Å². The molecule has 1 aromatic rings. The molecule has 2 fully saturated rings. The number of nitrogens with one attached hydrogen (secondary N) is 2. The summed E-state index contributed by atoms with van der Waals surface area (Å²) in [4.78, 5) is 12.1. The van der Waals surface area contributed by atoms with Crippen molar-refractivity contribution in [3.05, 3.63) is 35.4 Å². The molecule has 21 heavy (non-hydrogen) atoms. The Morgan fingerprint density at radius 1 is 1.33 bits per heavy atom. The molecule has 3 unspecified atom stereocenters. The van der Waals surface area contributed by atoms with Crippen molar-refractivity contribution in [2.75, 3.05) is 13.1 Å². The molecule has 6 heteroatoms. The van der Waals surface area contributed by atoms with Crippen LogP contribution in [0.5, 0.6) is 0 Å². The van der Waals surface area contributed by atoms with Crippen LogP contribution in [0.15, 0.2) is 18.2 Å². The molecule has 3 atom stereocenters. The highest BCUT2D eigenvalue weighted by Crippen LogP contribution is 2.48. The average molecular weight is 317 g/mol. The molecule has 1 heterocycles. The minimum atomic E-state index is -0.455. The van der Waals surface area contributed by atoms with Gasteiger partial charge in [0.15, 0.2) is 0 Å². The van der Waals surface area contributed by atoms with Crippen molar-refractivity contribution in [1.29, 1.82) is 0 Å². The van der Waals surface area contributed by atoms with Crippen LogP contribution in [-0.4, -0.2) is 25.0 Å². The first kappa shape index (κ1) is 16.2. The largest absolute Gasteiger partial charge is 0.352 e. The molecule has 1 aliphatic carbocycles. The van der Waals surface area contributed by atoms with Gasteiger partial charge < -0.3 is 10.6 Å². The number of hydrogen-bond donors (Lipinski definition) is 2. The topological polar surface area (TPSA) is 41.1 Å². The predicted molar refractivity (Wildman–Crippen MR) is 78.5 cm³/mol. The molecule has 1 saturated heterocycles. The number of rotatable bonds is 3. The first-order valence-corrected chi connectivity index (χ1v) is 7.11. The van der Waals surface area contributed by atoms with Crippen molar-refractivity contribution in [1.82, 2.24) is 10.6 Å². The summed E-state index contributed by atoms with van der Waals surface area (Å²) >= 11 is 0. The number of halogens is 3. The van der Waals surface area contributed by atoms with Crippen LogP contribution in [-0.2, 0) is 4.79 Å². The van der Waals surface area contributed by atoms with E-state index >= 15 is 0 Å². The second-order valence-electron chi connectivity index (χ2n) is 5.67. The van der Waals surface area contributed by atoms with Crippen molar-refractivity contribution in [2.24, 2.45) is 5.92 Å². The number of amides is 1. The van der Waals surface area contributed by atoms with E-state index in [1.54, 1.807) is 0 Å². The number of piperidine rings is 1. The van der Waals surface area contributed by atoms with Gasteiger partial charge in [0.1, 0.15) is 11.6 Å². The second kappa shape index (κ2) is 6.71. The second-order valence-corrected chi connectivity index (χ2v) is 5.67. The van der Waals surface area contributed by atoms with E-state index in [9.17, 15) is 13.6 Å². The summed E-state index contributed by atoms with van der Waals surface area (Å²) in [7, 11) is 0. The van der Waals surface area contributed by atoms with Gasteiger partial charge in [-0.15, -0.1) is 12.4 Å². The fourth-order valence-corrected chi connectivity index (χ4v) is 2.91. The Kier molecular flexibility index (Phi) is 5.17. The summed E-state index contributed by atoms with van der Waals surface area (Å²) in [5.74, 6) is -1.31. The van der Waals surface area contributed by atoms with E-state index in [0.29, 0.717) is 12.0 Å². The lowest BCUT2D eigenvalue weighted by Gasteiger charge is -2.23. The van der Waals surface area contributed by atoms with Crippen molar-refractivity contribution >= 4 is 18.3 Å². The molecule has 116 valence electrons. The smallest absolute Gasteiger partial charge is 0.224 e. The quantitative estimate of drug-likeness (QED) is 0.899. The number of carbonyl (C=O) groups excluding carboxylic acids is 1. The standard InChI is InChI=1S/C15H18F2N2O.ClH/c16-9-3-4-14(17)12(6-9)11-7-13(11)15(20)19-10-2-1-5-18-8-10;/h3-4,6,10-11,13,18H,1-2,5,7-8H2,(H,19,20);1H. The van der Waals surface area contributed by atoms with Gasteiger partial charge in [-0.05, 0) is 55.5 Å². The number of carbonyl (C=O) groups is 1. The lowest BCUT2D eigenvalue weighted by atomic mass is 10.1. The Bertz CT molecular complexity index is 520. The summed E-state index contributed by atoms with van der Waals surface area (Å²) in [6.45, 7) is 1.78. The molecule has 0 bridgehead atoms. The molecular weight excluding hydrogens is 298 g/mol. The van der Waals surface area contributed by atoms with E-state index in [0.717, 1.165) is 38.1 Å². The van der Waals surface area contributed by atoms with E-state index in [1.807, 2.05) is 0 Å². The highest BCUT2D eigenvalue weighted by molar-refractivity contribution is 5.85. The van der Waals surface area contributed by atoms with Crippen LogP contribution < -0.4 is 10.6 Å². The van der Waals surface area contributed by atoms with Gasteiger partial charge in [0.25, 0.3) is 0 Å². The van der Waals surface area contributed by atoms with E-state index in [-0.39, 0.29) is 36.2 Å². The van der Waals surface area contributed by atoms with Gasteiger partial charge in [0, 0.05) is 18.5 Å². The number of benzene rings is 1. The van der Waals surface area contributed by atoms with Crippen molar-refractivity contribution in [3.8, 4) is 0 Å². The van der Waals surface area contributed by atoms with E-state index in [1.165, 1.54) is 6.07 Å². The van der Waals surface area contributed by atoms with Crippen LogP contribution >= 0.6 is 12.4 Å². The minimum Gasteiger partial charge on any atom is -0.352 e. The highest BCUT2D eigenvalue weighted by atomic mass is 35.5. The molecule has 1 aliphatic heterocycles. The summed E-state index contributed by atoms with van der Waals surface area (Å²) in [5.41, 5.74) is 0.326. The van der Waals surface area contributed by atoms with Crippen LogP contribution in [0.4, 0.5) is 8.78 Å². The van der Waals surface area contributed by atoms with Crippen LogP contribution in [0.2, 0.25) is 0 Å². The van der Waals surface area contributed by atoms with Crippen molar-refractivity contribution < 1.29 is 13.6 Å². The van der Waals surface area contributed by atoms with Crippen LogP contribution in [0.3, 0.4) is 0 Å². The van der Waals surface area contributed by atoms with Gasteiger partial charge in [0.05, 0.1) is 0 Å². The fourth-order valence-electron chi connectivity index (χ4n) is 2.91. The summed E-state index contributed by atoms with van der Waals surface area (Å²) in [6.07, 6.45) is 2.63. The first-order valence-electron chi connectivity index (χ1n) is 7.11. The molecule has 1 amide bonds. The molecule has 1 aromatic carbocycles. The Morgan fingerprint density at radius 3 is 2.86 bits per heavy atom. The van der Waals surface area contributed by atoms with Gasteiger partial charge in [-0.1, -0.05) is 0 Å². The summed E-state index contributed by atoms with van der Waals surface area (Å²) in [5, 5.41) is 6.23. The molecule has 3 nitrogen and oxygen atoms in total. The van der Waals surface area contributed by atoms with Crippen molar-refractivity contribution in [2.45, 2.75) is 31.2 Å². The SMILES string of the molecule is Cl.O=C(NC1CCCNC1)C1CC1c1cc(F)ccc1F. The molecule has 0 aromatic heterocycles.